The first kappa shape index (κ1) is 24.4. The van der Waals surface area contributed by atoms with Crippen molar-refractivity contribution in [1.29, 1.82) is 0 Å². The van der Waals surface area contributed by atoms with Crippen LogP contribution in [0.4, 0.5) is 0 Å². The van der Waals surface area contributed by atoms with Crippen molar-refractivity contribution in [2.24, 2.45) is 0 Å². The second kappa shape index (κ2) is 13.2. The number of rotatable bonds is 9. The summed E-state index contributed by atoms with van der Waals surface area (Å²) in [5, 5.41) is 0. The molecule has 0 aliphatic carbocycles. The number of hydrogen-bond donors (Lipinski definition) is 0. The van der Waals surface area contributed by atoms with E-state index < -0.39 is 45.9 Å². The first-order valence-corrected chi connectivity index (χ1v) is 10.3. The third-order valence-corrected chi connectivity index (χ3v) is 4.79. The molecule has 0 bridgehead atoms. The van der Waals surface area contributed by atoms with E-state index in [-0.39, 0.29) is 65.7 Å². The first-order chi connectivity index (χ1) is 15.0. The van der Waals surface area contributed by atoms with Crippen molar-refractivity contribution in [2.45, 2.75) is 31.5 Å². The Kier molecular flexibility index (Phi) is 10.4. The molecule has 11 heteroatoms. The van der Waals surface area contributed by atoms with Crippen LogP contribution in [0.25, 0.3) is 0 Å². The molecule has 0 aromatic heterocycles. The molecular formula is C20H23Na2O8P. The van der Waals surface area contributed by atoms with Gasteiger partial charge in [0.25, 0.3) is 0 Å². The second-order valence-corrected chi connectivity index (χ2v) is 7.61. The van der Waals surface area contributed by atoms with E-state index in [0.29, 0.717) is 11.3 Å². The van der Waals surface area contributed by atoms with Crippen LogP contribution in [0, 0.1) is 0 Å². The zero-order chi connectivity index (χ0) is 23.4. The van der Waals surface area contributed by atoms with Gasteiger partial charge in [-0.05, 0) is 24.5 Å². The zero-order valence-corrected chi connectivity index (χ0v) is 22.6. The van der Waals surface area contributed by atoms with Gasteiger partial charge in [0.15, 0.2) is 6.29 Å². The van der Waals surface area contributed by atoms with Gasteiger partial charge in [-0.2, -0.15) is 0 Å². The van der Waals surface area contributed by atoms with Crippen LogP contribution < -0.4 is 73.6 Å². The molecule has 3 atom stereocenters. The number of hydrogen-bond acceptors (Lipinski definition) is 8. The number of ether oxygens (including phenoxy) is 4. The Bertz CT molecular complexity index is 930. The van der Waals surface area contributed by atoms with Gasteiger partial charge in [0.1, 0.15) is 17.5 Å². The third-order valence-electron chi connectivity index (χ3n) is 4.33. The molecule has 3 rings (SSSR count). The van der Waals surface area contributed by atoms with Gasteiger partial charge < -0.3 is 37.8 Å². The summed E-state index contributed by atoms with van der Waals surface area (Å²) in [6.07, 6.45) is -2.58. The molecule has 1 unspecified atom stereocenters. The van der Waals surface area contributed by atoms with Crippen molar-refractivity contribution in [3.63, 3.8) is 0 Å². The van der Waals surface area contributed by atoms with Gasteiger partial charge in [0, 0.05) is 9.68 Å². The van der Waals surface area contributed by atoms with Crippen molar-refractivity contribution in [3.05, 3.63) is 65.7 Å². The Hall–Kier alpha value is 0.230. The standard InChI is InChI=1S/C20H25O8P.2Na/c1-20(14-25-12-15-6-4-3-5-7-15)18(13-26-29(21,22)23)27-19(28-20)16-8-10-17(24-2)11-9-16;;/h3-11,18-19H,12-14H2,1-2H3,(H2,21,22,23);;/q;2*+1/p-2/t18-,19?,20+;;/m1../s1/i1D3;;. The Morgan fingerprint density at radius 1 is 1.13 bits per heavy atom. The predicted molar refractivity (Wildman–Crippen MR) is 99.8 cm³/mol. The minimum absolute atomic E-state index is 0. The maximum absolute atomic E-state index is 11.0. The van der Waals surface area contributed by atoms with Crippen LogP contribution in [0.5, 0.6) is 5.75 Å². The smallest absolute Gasteiger partial charge is 0.790 e. The molecule has 2 aromatic carbocycles. The summed E-state index contributed by atoms with van der Waals surface area (Å²) in [5.74, 6) is 0.568. The van der Waals surface area contributed by atoms with E-state index in [9.17, 15) is 14.4 Å². The fourth-order valence-corrected chi connectivity index (χ4v) is 3.13. The maximum atomic E-state index is 11.0. The molecule has 0 spiro atoms. The van der Waals surface area contributed by atoms with E-state index in [2.05, 4.69) is 4.52 Å². The molecule has 31 heavy (non-hydrogen) atoms. The molecule has 8 nitrogen and oxygen atoms in total. The molecular weight excluding hydrogens is 445 g/mol. The monoisotopic (exact) mass is 471 g/mol. The van der Waals surface area contributed by atoms with Crippen LogP contribution >= 0.6 is 7.82 Å². The van der Waals surface area contributed by atoms with Crippen molar-refractivity contribution < 1.29 is 101 Å². The van der Waals surface area contributed by atoms with Gasteiger partial charge in [-0.1, -0.05) is 42.5 Å². The summed E-state index contributed by atoms with van der Waals surface area (Å²) < 4.78 is 62.0. The molecule has 1 aliphatic rings. The van der Waals surface area contributed by atoms with Gasteiger partial charge in [-0.15, -0.1) is 0 Å². The molecule has 0 amide bonds. The van der Waals surface area contributed by atoms with Crippen LogP contribution in [-0.2, 0) is 29.9 Å². The summed E-state index contributed by atoms with van der Waals surface area (Å²) >= 11 is 0. The van der Waals surface area contributed by atoms with Gasteiger partial charge in [0.05, 0.1) is 34.8 Å². The average molecular weight is 471 g/mol. The van der Waals surface area contributed by atoms with E-state index in [0.717, 1.165) is 5.56 Å². The molecule has 0 radical (unpaired) electrons. The van der Waals surface area contributed by atoms with Crippen molar-refractivity contribution in [1.82, 2.24) is 0 Å². The fourth-order valence-electron chi connectivity index (χ4n) is 2.82. The summed E-state index contributed by atoms with van der Waals surface area (Å²) in [7, 11) is -3.88. The predicted octanol–water partition coefficient (Wildman–Crippen LogP) is -4.06. The Labute approximate surface area is 230 Å². The van der Waals surface area contributed by atoms with E-state index in [1.807, 2.05) is 18.2 Å². The van der Waals surface area contributed by atoms with Crippen LogP contribution in [0.15, 0.2) is 54.6 Å². The van der Waals surface area contributed by atoms with Crippen LogP contribution in [-0.4, -0.2) is 32.0 Å². The summed E-state index contributed by atoms with van der Waals surface area (Å²) in [6, 6.07) is 15.6. The van der Waals surface area contributed by atoms with Gasteiger partial charge >= 0.3 is 59.1 Å². The van der Waals surface area contributed by atoms with E-state index in [1.54, 1.807) is 36.4 Å². The number of phosphoric ester groups is 1. The van der Waals surface area contributed by atoms with E-state index >= 15 is 0 Å². The zero-order valence-electron chi connectivity index (χ0n) is 20.7. The topological polar surface area (TPSA) is 109 Å². The summed E-state index contributed by atoms with van der Waals surface area (Å²) in [6.45, 7) is -4.00. The van der Waals surface area contributed by atoms with Crippen molar-refractivity contribution in [3.8, 4) is 5.75 Å². The quantitative estimate of drug-likeness (QED) is 0.269. The number of benzene rings is 2. The van der Waals surface area contributed by atoms with Gasteiger partial charge in [0.2, 0.25) is 0 Å². The first-order valence-electron chi connectivity index (χ1n) is 10.3. The normalized spacial score (nSPS) is 24.8. The molecule has 0 N–H and O–H groups in total. The Balaban J connectivity index is 0.00000289. The number of phosphoric acid groups is 1. The summed E-state index contributed by atoms with van der Waals surface area (Å²) in [5.41, 5.74) is -0.811. The second-order valence-electron chi connectivity index (χ2n) is 6.46. The molecule has 1 fully saturated rings. The Morgan fingerprint density at radius 2 is 1.81 bits per heavy atom. The SMILES string of the molecule is [2H]C([2H])([2H])[C@@]1(COCc2ccccc2)OC(c2ccc(OC)cc2)O[C@@H]1COP(=O)([O-])[O-].[Na+].[Na+]. The largest absolute Gasteiger partial charge is 1.00 e. The fraction of sp³-hybridized carbons (Fsp3) is 0.400. The van der Waals surface area contributed by atoms with E-state index in [4.69, 9.17) is 23.1 Å². The average Bonchev–Trinajstić information content (AvgIpc) is 3.13. The molecule has 2 aromatic rings. The van der Waals surface area contributed by atoms with Gasteiger partial charge in [-0.3, -0.25) is 0 Å². The molecule has 0 saturated carbocycles. The molecule has 158 valence electrons. The van der Waals surface area contributed by atoms with Crippen LogP contribution in [0.1, 0.15) is 28.4 Å². The molecule has 1 aliphatic heterocycles. The third kappa shape index (κ3) is 8.83. The maximum Gasteiger partial charge on any atom is 1.00 e. The molecule has 1 saturated heterocycles. The number of methoxy groups -OCH3 is 1. The van der Waals surface area contributed by atoms with Crippen LogP contribution in [0.2, 0.25) is 0 Å². The van der Waals surface area contributed by atoms with Crippen LogP contribution in [0.3, 0.4) is 0 Å². The van der Waals surface area contributed by atoms with Crippen molar-refractivity contribution in [2.75, 3.05) is 20.3 Å². The summed E-state index contributed by atoms with van der Waals surface area (Å²) in [4.78, 5) is 22.1. The minimum Gasteiger partial charge on any atom is -0.790 e. The molecule has 1 heterocycles. The van der Waals surface area contributed by atoms with Crippen molar-refractivity contribution >= 4 is 7.82 Å². The van der Waals surface area contributed by atoms with Gasteiger partial charge in [-0.25, -0.2) is 0 Å². The van der Waals surface area contributed by atoms with E-state index in [1.165, 1.54) is 7.11 Å². The Morgan fingerprint density at radius 3 is 2.39 bits per heavy atom. The minimum atomic E-state index is -5.38.